The maximum absolute atomic E-state index is 11.8. The summed E-state index contributed by atoms with van der Waals surface area (Å²) in [7, 11) is 0. The highest BCUT2D eigenvalue weighted by molar-refractivity contribution is 5.93. The van der Waals surface area contributed by atoms with Gasteiger partial charge in [0.2, 0.25) is 0 Å². The van der Waals surface area contributed by atoms with Crippen molar-refractivity contribution >= 4 is 17.6 Å². The second-order valence-corrected chi connectivity index (χ2v) is 6.48. The van der Waals surface area contributed by atoms with E-state index in [1.165, 1.54) is 5.56 Å². The van der Waals surface area contributed by atoms with Crippen LogP contribution in [-0.4, -0.2) is 31.2 Å². The first kappa shape index (κ1) is 16.5. The van der Waals surface area contributed by atoms with E-state index in [9.17, 15) is 9.59 Å². The van der Waals surface area contributed by atoms with Crippen molar-refractivity contribution in [3.63, 3.8) is 0 Å². The summed E-state index contributed by atoms with van der Waals surface area (Å²) in [4.78, 5) is 23.4. The molecule has 1 aromatic carbocycles. The highest BCUT2D eigenvalue weighted by atomic mass is 16.6. The molecule has 22 heavy (non-hydrogen) atoms. The van der Waals surface area contributed by atoms with Crippen molar-refractivity contribution in [1.82, 2.24) is 0 Å². The van der Waals surface area contributed by atoms with Crippen molar-refractivity contribution < 1.29 is 19.1 Å². The standard InChI is InChI=1S/C17H23NO4/c1-17(2,3)12-6-8-13(9-7-12)18-15(19)11-22-16(20)14-5-4-10-21-14/h6-9,14H,4-5,10-11H2,1-3H3,(H,18,19). The van der Waals surface area contributed by atoms with E-state index < -0.39 is 12.1 Å². The van der Waals surface area contributed by atoms with Gasteiger partial charge < -0.3 is 14.8 Å². The zero-order valence-electron chi connectivity index (χ0n) is 13.3. The predicted octanol–water partition coefficient (Wildman–Crippen LogP) is 2.64. The van der Waals surface area contributed by atoms with Gasteiger partial charge >= 0.3 is 5.97 Å². The highest BCUT2D eigenvalue weighted by Gasteiger charge is 2.25. The molecule has 1 saturated heterocycles. The third-order valence-corrected chi connectivity index (χ3v) is 3.57. The molecule has 0 radical (unpaired) electrons. The summed E-state index contributed by atoms with van der Waals surface area (Å²) in [5, 5.41) is 2.71. The van der Waals surface area contributed by atoms with Gasteiger partial charge in [0.25, 0.3) is 5.91 Å². The maximum atomic E-state index is 11.8. The van der Waals surface area contributed by atoms with Gasteiger partial charge in [0.1, 0.15) is 0 Å². The Hall–Kier alpha value is -1.88. The molecule has 0 saturated carbocycles. The van der Waals surface area contributed by atoms with Crippen LogP contribution in [0.4, 0.5) is 5.69 Å². The lowest BCUT2D eigenvalue weighted by Gasteiger charge is -2.19. The number of nitrogens with one attached hydrogen (secondary N) is 1. The van der Waals surface area contributed by atoms with Crippen LogP contribution in [0.5, 0.6) is 0 Å². The maximum Gasteiger partial charge on any atom is 0.335 e. The van der Waals surface area contributed by atoms with Crippen LogP contribution in [0, 0.1) is 0 Å². The third-order valence-electron chi connectivity index (χ3n) is 3.57. The summed E-state index contributed by atoms with van der Waals surface area (Å²) in [6, 6.07) is 7.66. The molecule has 120 valence electrons. The van der Waals surface area contributed by atoms with E-state index in [0.717, 1.165) is 6.42 Å². The predicted molar refractivity (Wildman–Crippen MR) is 83.7 cm³/mol. The lowest BCUT2D eigenvalue weighted by molar-refractivity contribution is -0.156. The third kappa shape index (κ3) is 4.56. The van der Waals surface area contributed by atoms with E-state index in [2.05, 4.69) is 26.1 Å². The highest BCUT2D eigenvalue weighted by Crippen LogP contribution is 2.23. The molecule has 1 atom stereocenters. The van der Waals surface area contributed by atoms with Gasteiger partial charge in [-0.3, -0.25) is 4.79 Å². The zero-order valence-corrected chi connectivity index (χ0v) is 13.3. The molecule has 2 rings (SSSR count). The Kier molecular flexibility index (Phi) is 5.19. The molecule has 1 aliphatic rings. The number of carbonyl (C=O) groups is 2. The summed E-state index contributed by atoms with van der Waals surface area (Å²) >= 11 is 0. The summed E-state index contributed by atoms with van der Waals surface area (Å²) in [5.74, 6) is -0.814. The van der Waals surface area contributed by atoms with Gasteiger partial charge in [0.15, 0.2) is 12.7 Å². The smallest absolute Gasteiger partial charge is 0.335 e. The minimum atomic E-state index is -0.515. The van der Waals surface area contributed by atoms with E-state index >= 15 is 0 Å². The van der Waals surface area contributed by atoms with E-state index in [4.69, 9.17) is 9.47 Å². The Labute approximate surface area is 131 Å². The Balaban J connectivity index is 1.80. The normalized spacial score (nSPS) is 18.0. The molecule has 1 unspecified atom stereocenters. The average molecular weight is 305 g/mol. The molecule has 0 aromatic heterocycles. The summed E-state index contributed by atoms with van der Waals surface area (Å²) < 4.78 is 10.2. The Morgan fingerprint density at radius 2 is 1.95 bits per heavy atom. The number of anilines is 1. The first-order chi connectivity index (χ1) is 10.4. The van der Waals surface area contributed by atoms with Gasteiger partial charge in [-0.2, -0.15) is 0 Å². The van der Waals surface area contributed by atoms with Crippen LogP contribution < -0.4 is 5.32 Å². The van der Waals surface area contributed by atoms with Gasteiger partial charge in [0.05, 0.1) is 0 Å². The molecule has 1 heterocycles. The first-order valence-corrected chi connectivity index (χ1v) is 7.55. The van der Waals surface area contributed by atoms with Crippen molar-refractivity contribution in [2.24, 2.45) is 0 Å². The van der Waals surface area contributed by atoms with E-state index in [-0.39, 0.29) is 17.9 Å². The fourth-order valence-electron chi connectivity index (χ4n) is 2.24. The van der Waals surface area contributed by atoms with Crippen molar-refractivity contribution in [3.05, 3.63) is 29.8 Å². The average Bonchev–Trinajstić information content (AvgIpc) is 2.98. The molecule has 0 spiro atoms. The molecule has 1 amide bonds. The van der Waals surface area contributed by atoms with Gasteiger partial charge in [-0.15, -0.1) is 0 Å². The van der Waals surface area contributed by atoms with Gasteiger partial charge in [-0.1, -0.05) is 32.9 Å². The van der Waals surface area contributed by atoms with Gasteiger partial charge in [-0.05, 0) is 36.0 Å². The lowest BCUT2D eigenvalue weighted by atomic mass is 9.87. The molecular weight excluding hydrogens is 282 g/mol. The lowest BCUT2D eigenvalue weighted by Crippen LogP contribution is -2.27. The molecule has 1 aliphatic heterocycles. The number of ether oxygens (including phenoxy) is 2. The minimum Gasteiger partial charge on any atom is -0.454 e. The van der Waals surface area contributed by atoms with Crippen molar-refractivity contribution in [1.29, 1.82) is 0 Å². The Bertz CT molecular complexity index is 525. The van der Waals surface area contributed by atoms with Crippen molar-refractivity contribution in [3.8, 4) is 0 Å². The second kappa shape index (κ2) is 6.92. The second-order valence-electron chi connectivity index (χ2n) is 6.48. The van der Waals surface area contributed by atoms with Crippen LogP contribution in [0.2, 0.25) is 0 Å². The largest absolute Gasteiger partial charge is 0.454 e. The van der Waals surface area contributed by atoms with Crippen molar-refractivity contribution in [2.75, 3.05) is 18.5 Å². The number of hydrogen-bond donors (Lipinski definition) is 1. The molecule has 5 heteroatoms. The molecule has 0 aliphatic carbocycles. The van der Waals surface area contributed by atoms with Crippen LogP contribution in [0.25, 0.3) is 0 Å². The Morgan fingerprint density at radius 1 is 1.27 bits per heavy atom. The molecular formula is C17H23NO4. The number of benzene rings is 1. The fourth-order valence-corrected chi connectivity index (χ4v) is 2.24. The number of carbonyl (C=O) groups excluding carboxylic acids is 2. The number of hydrogen-bond acceptors (Lipinski definition) is 4. The van der Waals surface area contributed by atoms with Crippen LogP contribution in [0.15, 0.2) is 24.3 Å². The first-order valence-electron chi connectivity index (χ1n) is 7.55. The quantitative estimate of drug-likeness (QED) is 0.869. The minimum absolute atomic E-state index is 0.0688. The summed E-state index contributed by atoms with van der Waals surface area (Å²) in [6.07, 6.45) is 1.000. The summed E-state index contributed by atoms with van der Waals surface area (Å²) in [5.41, 5.74) is 1.95. The monoisotopic (exact) mass is 305 g/mol. The Morgan fingerprint density at radius 3 is 2.50 bits per heavy atom. The van der Waals surface area contributed by atoms with E-state index in [0.29, 0.717) is 18.7 Å². The molecule has 0 bridgehead atoms. The fraction of sp³-hybridized carbons (Fsp3) is 0.529. The summed E-state index contributed by atoms with van der Waals surface area (Å²) in [6.45, 7) is 6.67. The van der Waals surface area contributed by atoms with E-state index in [1.807, 2.05) is 24.3 Å². The van der Waals surface area contributed by atoms with E-state index in [1.54, 1.807) is 0 Å². The van der Waals surface area contributed by atoms with Gasteiger partial charge in [-0.25, -0.2) is 4.79 Å². The molecule has 5 nitrogen and oxygen atoms in total. The van der Waals surface area contributed by atoms with Crippen LogP contribution in [0.3, 0.4) is 0 Å². The SMILES string of the molecule is CC(C)(C)c1ccc(NC(=O)COC(=O)C2CCCO2)cc1. The number of esters is 1. The van der Waals surface area contributed by atoms with Crippen LogP contribution in [-0.2, 0) is 24.5 Å². The zero-order chi connectivity index (χ0) is 16.2. The topological polar surface area (TPSA) is 64.6 Å². The molecule has 1 N–H and O–H groups in total. The molecule has 1 fully saturated rings. The van der Waals surface area contributed by atoms with Crippen LogP contribution in [0.1, 0.15) is 39.2 Å². The number of rotatable bonds is 4. The van der Waals surface area contributed by atoms with Gasteiger partial charge in [0, 0.05) is 12.3 Å². The van der Waals surface area contributed by atoms with Crippen molar-refractivity contribution in [2.45, 2.75) is 45.1 Å². The number of amides is 1. The molecule has 1 aromatic rings. The van der Waals surface area contributed by atoms with Crippen LogP contribution >= 0.6 is 0 Å².